The van der Waals surface area contributed by atoms with Gasteiger partial charge < -0.3 is 14.6 Å². The summed E-state index contributed by atoms with van der Waals surface area (Å²) in [6.07, 6.45) is 2.64. The zero-order chi connectivity index (χ0) is 22.8. The molecule has 2 aromatic carbocycles. The van der Waals surface area contributed by atoms with Crippen LogP contribution in [0.15, 0.2) is 53.3 Å². The number of benzene rings is 2. The fourth-order valence-corrected chi connectivity index (χ4v) is 4.78. The van der Waals surface area contributed by atoms with Gasteiger partial charge in [0.25, 0.3) is 5.56 Å². The maximum absolute atomic E-state index is 12.9. The van der Waals surface area contributed by atoms with Gasteiger partial charge in [0, 0.05) is 18.8 Å². The van der Waals surface area contributed by atoms with E-state index in [1.807, 2.05) is 0 Å². The third-order valence-electron chi connectivity index (χ3n) is 5.92. The second-order valence-corrected chi connectivity index (χ2v) is 8.97. The quantitative estimate of drug-likeness (QED) is 0.526. The van der Waals surface area contributed by atoms with Crippen molar-refractivity contribution < 1.29 is 9.90 Å². The number of fused-ring (bicyclic) bond motifs is 1. The number of aromatic nitrogens is 1. The summed E-state index contributed by atoms with van der Waals surface area (Å²) in [5.74, 6) is -0.964. The maximum atomic E-state index is 12.9. The van der Waals surface area contributed by atoms with Gasteiger partial charge in [-0.1, -0.05) is 53.0 Å². The molecule has 32 heavy (non-hydrogen) atoms. The predicted molar refractivity (Wildman–Crippen MR) is 128 cm³/mol. The van der Waals surface area contributed by atoms with Crippen molar-refractivity contribution in [1.29, 1.82) is 0 Å². The number of carboxylic acid groups (broad SMARTS) is 1. The van der Waals surface area contributed by atoms with Gasteiger partial charge in [0.05, 0.1) is 22.8 Å². The van der Waals surface area contributed by atoms with Gasteiger partial charge in [-0.3, -0.25) is 4.79 Å². The molecule has 0 saturated carbocycles. The van der Waals surface area contributed by atoms with E-state index in [1.165, 1.54) is 22.9 Å². The van der Waals surface area contributed by atoms with E-state index >= 15 is 0 Å². The van der Waals surface area contributed by atoms with E-state index < -0.39 is 5.97 Å². The first-order valence-electron chi connectivity index (χ1n) is 10.6. The molecule has 0 amide bonds. The number of pyridine rings is 1. The third kappa shape index (κ3) is 4.69. The maximum Gasteiger partial charge on any atom is 0.335 e. The Hall–Kier alpha value is -2.76. The normalized spacial score (nSPS) is 13.2. The van der Waals surface area contributed by atoms with Crippen LogP contribution in [-0.4, -0.2) is 22.2 Å². The predicted octanol–water partition coefficient (Wildman–Crippen LogP) is 5.36. The first-order valence-corrected chi connectivity index (χ1v) is 11.3. The molecule has 0 spiro atoms. The largest absolute Gasteiger partial charge is 0.478 e. The van der Waals surface area contributed by atoms with Gasteiger partial charge >= 0.3 is 5.97 Å². The number of rotatable bonds is 6. The number of aromatic carboxylic acids is 1. The molecule has 4 rings (SSSR count). The fourth-order valence-electron chi connectivity index (χ4n) is 4.24. The van der Waals surface area contributed by atoms with E-state index in [9.17, 15) is 9.59 Å². The standard InChI is InChI=1S/C25H24Cl2N2O3/c1-16-4-9-22-19(13-16)3-2-11-28(22)15-23-20(26)14-21(27)24(30)29(23)12-10-17-5-7-18(8-6-17)25(31)32/h4-9,13-14H,2-3,10-12,15H2,1H3,(H,31,32). The van der Waals surface area contributed by atoms with Crippen molar-refractivity contribution in [3.8, 4) is 0 Å². The van der Waals surface area contributed by atoms with Crippen LogP contribution < -0.4 is 10.5 Å². The van der Waals surface area contributed by atoms with E-state index in [2.05, 4.69) is 30.0 Å². The lowest BCUT2D eigenvalue weighted by molar-refractivity contribution is 0.0697. The van der Waals surface area contributed by atoms with Crippen molar-refractivity contribution in [2.24, 2.45) is 0 Å². The molecule has 0 fully saturated rings. The van der Waals surface area contributed by atoms with Gasteiger partial charge in [0.2, 0.25) is 0 Å². The smallest absolute Gasteiger partial charge is 0.335 e. The lowest BCUT2D eigenvalue weighted by Gasteiger charge is -2.32. The van der Waals surface area contributed by atoms with E-state index in [4.69, 9.17) is 28.3 Å². The second kappa shape index (κ2) is 9.39. The first kappa shape index (κ1) is 22.4. The van der Waals surface area contributed by atoms with E-state index in [0.29, 0.717) is 24.5 Å². The van der Waals surface area contributed by atoms with Crippen molar-refractivity contribution in [3.63, 3.8) is 0 Å². The molecular weight excluding hydrogens is 447 g/mol. The molecular formula is C25H24Cl2N2O3. The molecule has 5 nitrogen and oxygen atoms in total. The minimum absolute atomic E-state index is 0.0923. The molecule has 7 heteroatoms. The van der Waals surface area contributed by atoms with Crippen LogP contribution >= 0.6 is 23.2 Å². The van der Waals surface area contributed by atoms with E-state index in [1.54, 1.807) is 28.8 Å². The van der Waals surface area contributed by atoms with Crippen molar-refractivity contribution in [2.75, 3.05) is 11.4 Å². The highest BCUT2D eigenvalue weighted by molar-refractivity contribution is 6.34. The number of aryl methyl sites for hydroxylation is 3. The molecule has 1 aliphatic rings. The van der Waals surface area contributed by atoms with Gasteiger partial charge in [0.1, 0.15) is 5.02 Å². The summed E-state index contributed by atoms with van der Waals surface area (Å²) in [5, 5.41) is 9.64. The van der Waals surface area contributed by atoms with Gasteiger partial charge in [-0.25, -0.2) is 4.79 Å². The molecule has 0 radical (unpaired) electrons. The lowest BCUT2D eigenvalue weighted by Crippen LogP contribution is -2.33. The Bertz CT molecular complexity index is 1220. The molecule has 0 atom stereocenters. The van der Waals surface area contributed by atoms with Crippen LogP contribution in [0.4, 0.5) is 5.69 Å². The van der Waals surface area contributed by atoms with Crippen molar-refractivity contribution in [3.05, 3.63) is 96.9 Å². The SMILES string of the molecule is Cc1ccc2c(c1)CCCN2Cc1c(Cl)cc(Cl)c(=O)n1CCc1ccc(C(=O)O)cc1. The number of hydrogen-bond donors (Lipinski definition) is 1. The molecule has 1 N–H and O–H groups in total. The molecule has 1 aliphatic heterocycles. The molecule has 0 unspecified atom stereocenters. The topological polar surface area (TPSA) is 62.5 Å². The van der Waals surface area contributed by atoms with Gasteiger partial charge in [-0.15, -0.1) is 0 Å². The van der Waals surface area contributed by atoms with Crippen molar-refractivity contribution in [1.82, 2.24) is 4.57 Å². The Morgan fingerprint density at radius 1 is 1.06 bits per heavy atom. The van der Waals surface area contributed by atoms with Crippen LogP contribution in [0.2, 0.25) is 10.0 Å². The molecule has 166 valence electrons. The van der Waals surface area contributed by atoms with Crippen LogP contribution in [0.25, 0.3) is 0 Å². The molecule has 0 aliphatic carbocycles. The summed E-state index contributed by atoms with van der Waals surface area (Å²) in [6.45, 7) is 3.89. The highest BCUT2D eigenvalue weighted by Gasteiger charge is 2.21. The zero-order valence-electron chi connectivity index (χ0n) is 17.8. The minimum Gasteiger partial charge on any atom is -0.478 e. The summed E-state index contributed by atoms with van der Waals surface area (Å²) in [4.78, 5) is 26.3. The van der Waals surface area contributed by atoms with Crippen LogP contribution in [0, 0.1) is 6.92 Å². The van der Waals surface area contributed by atoms with Crippen molar-refractivity contribution >= 4 is 34.9 Å². The fraction of sp³-hybridized carbons (Fsp3) is 0.280. The van der Waals surface area contributed by atoms with Crippen LogP contribution in [-0.2, 0) is 25.9 Å². The Labute approximate surface area is 196 Å². The van der Waals surface area contributed by atoms with Crippen molar-refractivity contribution in [2.45, 2.75) is 39.3 Å². The van der Waals surface area contributed by atoms with Crippen LogP contribution in [0.1, 0.15) is 39.2 Å². The van der Waals surface area contributed by atoms with E-state index in [0.717, 1.165) is 30.6 Å². The molecule has 0 bridgehead atoms. The summed E-state index contributed by atoms with van der Waals surface area (Å²) in [7, 11) is 0. The van der Waals surface area contributed by atoms with Crippen LogP contribution in [0.3, 0.4) is 0 Å². The molecule has 1 aromatic heterocycles. The second-order valence-electron chi connectivity index (χ2n) is 8.15. The summed E-state index contributed by atoms with van der Waals surface area (Å²) < 4.78 is 1.65. The highest BCUT2D eigenvalue weighted by Crippen LogP contribution is 2.31. The lowest BCUT2D eigenvalue weighted by atomic mass is 9.99. The first-order chi connectivity index (χ1) is 15.3. The molecule has 3 aromatic rings. The summed E-state index contributed by atoms with van der Waals surface area (Å²) in [6, 6.07) is 14.7. The Balaban J connectivity index is 1.63. The number of carbonyl (C=O) groups is 1. The third-order valence-corrected chi connectivity index (χ3v) is 6.52. The Morgan fingerprint density at radius 3 is 2.53 bits per heavy atom. The van der Waals surface area contributed by atoms with Gasteiger partial charge in [-0.05, 0) is 61.6 Å². The molecule has 2 heterocycles. The molecule has 0 saturated heterocycles. The summed E-state index contributed by atoms with van der Waals surface area (Å²) >= 11 is 12.8. The Morgan fingerprint density at radius 2 is 1.81 bits per heavy atom. The van der Waals surface area contributed by atoms with E-state index in [-0.39, 0.29) is 16.1 Å². The average Bonchev–Trinajstić information content (AvgIpc) is 2.77. The van der Waals surface area contributed by atoms with Crippen LogP contribution in [0.5, 0.6) is 0 Å². The minimum atomic E-state index is -0.964. The average molecular weight is 471 g/mol. The van der Waals surface area contributed by atoms with Gasteiger partial charge in [-0.2, -0.15) is 0 Å². The monoisotopic (exact) mass is 470 g/mol. The summed E-state index contributed by atoms with van der Waals surface area (Å²) in [5.41, 5.74) is 5.36. The highest BCUT2D eigenvalue weighted by atomic mass is 35.5. The number of anilines is 1. The number of nitrogens with zero attached hydrogens (tertiary/aromatic N) is 2. The number of halogens is 2. The zero-order valence-corrected chi connectivity index (χ0v) is 19.3. The number of hydrogen-bond acceptors (Lipinski definition) is 3. The number of carboxylic acids is 1. The van der Waals surface area contributed by atoms with Gasteiger partial charge in [0.15, 0.2) is 0 Å². The Kier molecular flexibility index (Phi) is 6.58.